The van der Waals surface area contributed by atoms with Crippen LogP contribution in [0, 0.1) is 6.92 Å². The van der Waals surface area contributed by atoms with E-state index in [1.807, 2.05) is 6.92 Å². The van der Waals surface area contributed by atoms with Crippen LogP contribution in [0.15, 0.2) is 17.1 Å². The molecule has 0 saturated carbocycles. The average molecular weight is 176 g/mol. The molecule has 3 N–H and O–H groups in total. The Labute approximate surface area is 73.6 Å². The summed E-state index contributed by atoms with van der Waals surface area (Å²) in [5, 5.41) is 0.515. The van der Waals surface area contributed by atoms with Crippen LogP contribution in [0.1, 0.15) is 5.69 Å². The molecule has 66 valence electrons. The number of nitrogens with one attached hydrogen (secondary N) is 1. The maximum atomic E-state index is 11.3. The molecule has 2 aromatic heterocycles. The van der Waals surface area contributed by atoms with E-state index in [0.29, 0.717) is 10.9 Å². The summed E-state index contributed by atoms with van der Waals surface area (Å²) in [5.74, 6) is 0.114. The number of aryl methyl sites for hydroxylation is 1. The fourth-order valence-electron chi connectivity index (χ4n) is 1.16. The number of pyridine rings is 1. The van der Waals surface area contributed by atoms with Crippen molar-refractivity contribution in [2.24, 2.45) is 0 Å². The SMILES string of the molecule is Cc1cc2c(=O)[nH]c(N)nc2cn1. The van der Waals surface area contributed by atoms with Gasteiger partial charge < -0.3 is 5.73 Å². The van der Waals surface area contributed by atoms with Crippen molar-refractivity contribution in [3.63, 3.8) is 0 Å². The van der Waals surface area contributed by atoms with Gasteiger partial charge in [-0.05, 0) is 13.0 Å². The number of aromatic nitrogens is 3. The van der Waals surface area contributed by atoms with Crippen LogP contribution < -0.4 is 11.3 Å². The Bertz CT molecular complexity index is 517. The molecule has 0 aliphatic heterocycles. The number of H-pyrrole nitrogens is 1. The highest BCUT2D eigenvalue weighted by molar-refractivity contribution is 5.77. The first-order valence-electron chi connectivity index (χ1n) is 3.79. The van der Waals surface area contributed by atoms with Gasteiger partial charge in [-0.1, -0.05) is 0 Å². The summed E-state index contributed by atoms with van der Waals surface area (Å²) in [6.07, 6.45) is 1.54. The van der Waals surface area contributed by atoms with Crippen molar-refractivity contribution < 1.29 is 0 Å². The number of aromatic amines is 1. The first-order chi connectivity index (χ1) is 6.16. The molecule has 0 atom stereocenters. The number of rotatable bonds is 0. The highest BCUT2D eigenvalue weighted by Crippen LogP contribution is 2.06. The summed E-state index contributed by atoms with van der Waals surface area (Å²) in [6.45, 7) is 1.81. The van der Waals surface area contributed by atoms with E-state index >= 15 is 0 Å². The lowest BCUT2D eigenvalue weighted by atomic mass is 10.2. The monoisotopic (exact) mass is 176 g/mol. The zero-order chi connectivity index (χ0) is 9.42. The number of hydrogen-bond donors (Lipinski definition) is 2. The first-order valence-corrected chi connectivity index (χ1v) is 3.79. The van der Waals surface area contributed by atoms with Crippen molar-refractivity contribution in [3.8, 4) is 0 Å². The van der Waals surface area contributed by atoms with Crippen LogP contribution in [0.4, 0.5) is 5.95 Å². The molecule has 0 amide bonds. The summed E-state index contributed by atoms with van der Waals surface area (Å²) >= 11 is 0. The Morgan fingerprint density at radius 3 is 3.08 bits per heavy atom. The molecule has 0 saturated heterocycles. The Hall–Kier alpha value is -1.91. The summed E-state index contributed by atoms with van der Waals surface area (Å²) in [5.41, 5.74) is 6.44. The molecular weight excluding hydrogens is 168 g/mol. The van der Waals surface area contributed by atoms with Gasteiger partial charge in [-0.2, -0.15) is 0 Å². The van der Waals surface area contributed by atoms with Crippen LogP contribution in [0.25, 0.3) is 10.9 Å². The Morgan fingerprint density at radius 1 is 1.54 bits per heavy atom. The van der Waals surface area contributed by atoms with E-state index in [1.165, 1.54) is 6.20 Å². The fourth-order valence-corrected chi connectivity index (χ4v) is 1.16. The highest BCUT2D eigenvalue weighted by Gasteiger charge is 2.01. The molecule has 0 radical (unpaired) electrons. The third-order valence-electron chi connectivity index (χ3n) is 1.75. The molecule has 0 aliphatic rings. The second kappa shape index (κ2) is 2.55. The second-order valence-electron chi connectivity index (χ2n) is 2.79. The van der Waals surface area contributed by atoms with Crippen LogP contribution in [0.2, 0.25) is 0 Å². The minimum Gasteiger partial charge on any atom is -0.369 e. The molecule has 0 unspecified atom stereocenters. The molecule has 0 spiro atoms. The van der Waals surface area contributed by atoms with E-state index in [4.69, 9.17) is 5.73 Å². The van der Waals surface area contributed by atoms with E-state index in [1.54, 1.807) is 6.07 Å². The molecule has 13 heavy (non-hydrogen) atoms. The van der Waals surface area contributed by atoms with Crippen LogP contribution in [0.5, 0.6) is 0 Å². The zero-order valence-corrected chi connectivity index (χ0v) is 7.03. The van der Waals surface area contributed by atoms with Gasteiger partial charge in [0.25, 0.3) is 5.56 Å². The molecule has 5 nitrogen and oxygen atoms in total. The normalized spacial score (nSPS) is 10.5. The van der Waals surface area contributed by atoms with Crippen LogP contribution in [0.3, 0.4) is 0 Å². The number of anilines is 1. The molecule has 0 bridgehead atoms. The van der Waals surface area contributed by atoms with E-state index in [9.17, 15) is 4.79 Å². The number of nitrogens with zero attached hydrogens (tertiary/aromatic N) is 2. The predicted octanol–water partition coefficient (Wildman–Crippen LogP) is 0.209. The van der Waals surface area contributed by atoms with Gasteiger partial charge >= 0.3 is 0 Å². The van der Waals surface area contributed by atoms with Gasteiger partial charge in [-0.15, -0.1) is 0 Å². The summed E-state index contributed by atoms with van der Waals surface area (Å²) in [6, 6.07) is 1.68. The second-order valence-corrected chi connectivity index (χ2v) is 2.79. The van der Waals surface area contributed by atoms with Crippen molar-refractivity contribution in [2.75, 3.05) is 5.73 Å². The van der Waals surface area contributed by atoms with Gasteiger partial charge in [0, 0.05) is 5.69 Å². The standard InChI is InChI=1S/C8H8N4O/c1-4-2-5-6(3-10-4)11-8(9)12-7(5)13/h2-3H,1H3,(H3,9,11,12,13). The van der Waals surface area contributed by atoms with Gasteiger partial charge in [0.05, 0.1) is 17.1 Å². The molecule has 0 aliphatic carbocycles. The fraction of sp³-hybridized carbons (Fsp3) is 0.125. The first kappa shape index (κ1) is 7.72. The van der Waals surface area contributed by atoms with Gasteiger partial charge in [-0.25, -0.2) is 4.98 Å². The minimum absolute atomic E-state index is 0.114. The summed E-state index contributed by atoms with van der Waals surface area (Å²) in [4.78, 5) is 21.7. The number of hydrogen-bond acceptors (Lipinski definition) is 4. The number of nitrogen functional groups attached to an aromatic ring is 1. The molecule has 5 heteroatoms. The lowest BCUT2D eigenvalue weighted by Crippen LogP contribution is -2.11. The van der Waals surface area contributed by atoms with Crippen molar-refractivity contribution in [1.82, 2.24) is 15.0 Å². The van der Waals surface area contributed by atoms with Crippen molar-refractivity contribution in [1.29, 1.82) is 0 Å². The predicted molar refractivity (Wildman–Crippen MR) is 49.3 cm³/mol. The average Bonchev–Trinajstić information content (AvgIpc) is 2.06. The maximum Gasteiger partial charge on any atom is 0.260 e. The summed E-state index contributed by atoms with van der Waals surface area (Å²) in [7, 11) is 0. The Balaban J connectivity index is 2.95. The molecular formula is C8H8N4O. The quantitative estimate of drug-likeness (QED) is 0.600. The highest BCUT2D eigenvalue weighted by atomic mass is 16.1. The van der Waals surface area contributed by atoms with Gasteiger partial charge in [-0.3, -0.25) is 14.8 Å². The van der Waals surface area contributed by atoms with Crippen molar-refractivity contribution in [3.05, 3.63) is 28.3 Å². The number of fused-ring (bicyclic) bond motifs is 1. The lowest BCUT2D eigenvalue weighted by Gasteiger charge is -1.97. The molecule has 2 rings (SSSR count). The molecule has 0 aromatic carbocycles. The van der Waals surface area contributed by atoms with E-state index in [2.05, 4.69) is 15.0 Å². The van der Waals surface area contributed by atoms with Gasteiger partial charge in [0.1, 0.15) is 0 Å². The third-order valence-corrected chi connectivity index (χ3v) is 1.75. The number of nitrogens with two attached hydrogens (primary N) is 1. The molecule has 2 heterocycles. The van der Waals surface area contributed by atoms with E-state index in [0.717, 1.165) is 5.69 Å². The van der Waals surface area contributed by atoms with Gasteiger partial charge in [0.15, 0.2) is 0 Å². The topological polar surface area (TPSA) is 84.7 Å². The van der Waals surface area contributed by atoms with Crippen LogP contribution in [-0.2, 0) is 0 Å². The van der Waals surface area contributed by atoms with E-state index in [-0.39, 0.29) is 11.5 Å². The minimum atomic E-state index is -0.229. The Kier molecular flexibility index (Phi) is 1.51. The summed E-state index contributed by atoms with van der Waals surface area (Å²) < 4.78 is 0. The van der Waals surface area contributed by atoms with Gasteiger partial charge in [0.2, 0.25) is 5.95 Å². The third kappa shape index (κ3) is 1.24. The maximum absolute atomic E-state index is 11.3. The molecule has 2 aromatic rings. The molecule has 0 fully saturated rings. The van der Waals surface area contributed by atoms with Crippen molar-refractivity contribution >= 4 is 16.9 Å². The lowest BCUT2D eigenvalue weighted by molar-refractivity contribution is 1.15. The smallest absolute Gasteiger partial charge is 0.260 e. The van der Waals surface area contributed by atoms with Crippen LogP contribution >= 0.6 is 0 Å². The Morgan fingerprint density at radius 2 is 2.31 bits per heavy atom. The van der Waals surface area contributed by atoms with Crippen molar-refractivity contribution in [2.45, 2.75) is 6.92 Å². The zero-order valence-electron chi connectivity index (χ0n) is 7.03. The largest absolute Gasteiger partial charge is 0.369 e. The van der Waals surface area contributed by atoms with Crippen LogP contribution in [-0.4, -0.2) is 15.0 Å². The van der Waals surface area contributed by atoms with E-state index < -0.39 is 0 Å².